The second kappa shape index (κ2) is 5.64. The monoisotopic (exact) mass is 215 g/mol. The van der Waals surface area contributed by atoms with Crippen molar-refractivity contribution in [1.29, 1.82) is 0 Å². The lowest BCUT2D eigenvalue weighted by atomic mass is 10.3. The highest BCUT2D eigenvalue weighted by atomic mass is 32.2. The Balaban J connectivity index is 2.10. The van der Waals surface area contributed by atoms with Crippen LogP contribution in [-0.4, -0.2) is 31.6 Å². The third kappa shape index (κ3) is 3.78. The predicted octanol–water partition coefficient (Wildman–Crippen LogP) is 1.16. The van der Waals surface area contributed by atoms with Crippen LogP contribution in [0.15, 0.2) is 11.5 Å². The van der Waals surface area contributed by atoms with E-state index in [1.54, 1.807) is 18.1 Å². The van der Waals surface area contributed by atoms with Crippen LogP contribution in [0.4, 0.5) is 0 Å². The molecule has 1 aromatic heterocycles. The highest BCUT2D eigenvalue weighted by molar-refractivity contribution is 7.99. The number of hydrogen-bond acceptors (Lipinski definition) is 4. The van der Waals surface area contributed by atoms with Crippen LogP contribution in [0.3, 0.4) is 0 Å². The molecule has 0 fully saturated rings. The summed E-state index contributed by atoms with van der Waals surface area (Å²) in [6, 6.07) is 0. The summed E-state index contributed by atoms with van der Waals surface area (Å²) in [5, 5.41) is 16.9. The fourth-order valence-corrected chi connectivity index (χ4v) is 1.83. The van der Waals surface area contributed by atoms with Gasteiger partial charge in [0.05, 0.1) is 0 Å². The van der Waals surface area contributed by atoms with Gasteiger partial charge < -0.3 is 9.67 Å². The van der Waals surface area contributed by atoms with E-state index in [0.717, 1.165) is 23.8 Å². The van der Waals surface area contributed by atoms with E-state index >= 15 is 0 Å². The van der Waals surface area contributed by atoms with Crippen molar-refractivity contribution in [3.8, 4) is 0 Å². The summed E-state index contributed by atoms with van der Waals surface area (Å²) in [7, 11) is 1.89. The van der Waals surface area contributed by atoms with Crippen LogP contribution in [-0.2, 0) is 11.8 Å². The molecule has 0 aliphatic rings. The number of aromatic nitrogens is 3. The van der Waals surface area contributed by atoms with E-state index in [4.69, 9.17) is 5.11 Å². The van der Waals surface area contributed by atoms with Gasteiger partial charge in [0, 0.05) is 19.2 Å². The molecule has 14 heavy (non-hydrogen) atoms. The first-order valence-corrected chi connectivity index (χ1v) is 5.37. The van der Waals surface area contributed by atoms with E-state index in [0.29, 0.717) is 0 Å². The van der Waals surface area contributed by atoms with Crippen molar-refractivity contribution in [3.63, 3.8) is 0 Å². The number of aliphatic carboxylic acids is 1. The van der Waals surface area contributed by atoms with E-state index in [-0.39, 0.29) is 6.42 Å². The van der Waals surface area contributed by atoms with Crippen molar-refractivity contribution in [2.75, 3.05) is 5.75 Å². The molecule has 0 spiro atoms. The van der Waals surface area contributed by atoms with Crippen molar-refractivity contribution in [1.82, 2.24) is 14.8 Å². The minimum Gasteiger partial charge on any atom is -0.481 e. The molecule has 0 unspecified atom stereocenters. The van der Waals surface area contributed by atoms with Crippen LogP contribution in [0, 0.1) is 0 Å². The molecule has 6 heteroatoms. The molecule has 0 radical (unpaired) electrons. The van der Waals surface area contributed by atoms with Gasteiger partial charge >= 0.3 is 5.97 Å². The molecule has 1 rings (SSSR count). The number of carboxylic acid groups (broad SMARTS) is 1. The molecular formula is C8H13N3O2S. The van der Waals surface area contributed by atoms with Crippen LogP contribution >= 0.6 is 11.8 Å². The third-order valence-electron chi connectivity index (χ3n) is 1.69. The molecule has 0 amide bonds. The van der Waals surface area contributed by atoms with Crippen LogP contribution in [0.5, 0.6) is 0 Å². The van der Waals surface area contributed by atoms with Crippen molar-refractivity contribution < 1.29 is 9.90 Å². The quantitative estimate of drug-likeness (QED) is 0.569. The average Bonchev–Trinajstić information content (AvgIpc) is 2.51. The predicted molar refractivity (Wildman–Crippen MR) is 53.2 cm³/mol. The molecule has 1 N–H and O–H groups in total. The number of rotatable bonds is 6. The zero-order valence-electron chi connectivity index (χ0n) is 8.01. The Hall–Kier alpha value is -1.04. The zero-order valence-corrected chi connectivity index (χ0v) is 8.83. The van der Waals surface area contributed by atoms with Crippen molar-refractivity contribution >= 4 is 17.7 Å². The molecule has 0 saturated heterocycles. The van der Waals surface area contributed by atoms with Crippen LogP contribution in [0.25, 0.3) is 0 Å². The number of nitrogens with zero attached hydrogens (tertiary/aromatic N) is 3. The van der Waals surface area contributed by atoms with Crippen molar-refractivity contribution in [2.45, 2.75) is 24.4 Å². The maximum absolute atomic E-state index is 10.2. The third-order valence-corrected chi connectivity index (χ3v) is 2.81. The minimum absolute atomic E-state index is 0.249. The zero-order chi connectivity index (χ0) is 10.4. The first kappa shape index (κ1) is 11.0. The van der Waals surface area contributed by atoms with E-state index in [1.165, 1.54) is 0 Å². The number of carboxylic acids is 1. The van der Waals surface area contributed by atoms with Gasteiger partial charge in [-0.1, -0.05) is 11.8 Å². The van der Waals surface area contributed by atoms with Crippen molar-refractivity contribution in [3.05, 3.63) is 6.33 Å². The van der Waals surface area contributed by atoms with Crippen LogP contribution < -0.4 is 0 Å². The second-order valence-electron chi connectivity index (χ2n) is 2.92. The summed E-state index contributed by atoms with van der Waals surface area (Å²) < 4.78 is 1.85. The van der Waals surface area contributed by atoms with Gasteiger partial charge in [0.1, 0.15) is 6.33 Å². The lowest BCUT2D eigenvalue weighted by Crippen LogP contribution is -1.95. The van der Waals surface area contributed by atoms with Crippen LogP contribution in [0.2, 0.25) is 0 Å². The summed E-state index contributed by atoms with van der Waals surface area (Å²) in [6.07, 6.45) is 3.52. The molecule has 0 aliphatic heterocycles. The molecule has 0 aliphatic carbocycles. The molecule has 5 nitrogen and oxygen atoms in total. The van der Waals surface area contributed by atoms with E-state index < -0.39 is 5.97 Å². The van der Waals surface area contributed by atoms with Gasteiger partial charge in [-0.15, -0.1) is 10.2 Å². The summed E-state index contributed by atoms with van der Waals surface area (Å²) in [6.45, 7) is 0. The Labute approximate surface area is 86.5 Å². The first-order valence-electron chi connectivity index (χ1n) is 4.38. The number of aryl methyl sites for hydroxylation is 1. The molecular weight excluding hydrogens is 202 g/mol. The molecule has 1 aromatic rings. The standard InChI is InChI=1S/C8H13N3O2S/c1-11-6-9-10-8(11)14-5-3-2-4-7(12)13/h6H,2-5H2,1H3,(H,12,13). The highest BCUT2D eigenvalue weighted by Crippen LogP contribution is 2.15. The molecule has 0 atom stereocenters. The molecule has 78 valence electrons. The first-order chi connectivity index (χ1) is 6.70. The normalized spacial score (nSPS) is 10.4. The summed E-state index contributed by atoms with van der Waals surface area (Å²) >= 11 is 1.60. The van der Waals surface area contributed by atoms with Gasteiger partial charge in [0.25, 0.3) is 0 Å². The fraction of sp³-hybridized carbons (Fsp3) is 0.625. The van der Waals surface area contributed by atoms with E-state index in [1.807, 2.05) is 11.6 Å². The Bertz CT molecular complexity index is 301. The fourth-order valence-electron chi connectivity index (χ4n) is 0.945. The largest absolute Gasteiger partial charge is 0.481 e. The van der Waals surface area contributed by atoms with Gasteiger partial charge in [-0.05, 0) is 12.8 Å². The Morgan fingerprint density at radius 2 is 2.43 bits per heavy atom. The van der Waals surface area contributed by atoms with Gasteiger partial charge in [0.2, 0.25) is 0 Å². The lowest BCUT2D eigenvalue weighted by molar-refractivity contribution is -0.137. The molecule has 0 bridgehead atoms. The van der Waals surface area contributed by atoms with Gasteiger partial charge in [-0.2, -0.15) is 0 Å². The van der Waals surface area contributed by atoms with Gasteiger partial charge in [-0.25, -0.2) is 0 Å². The van der Waals surface area contributed by atoms with E-state index in [9.17, 15) is 4.79 Å². The second-order valence-corrected chi connectivity index (χ2v) is 3.99. The summed E-state index contributed by atoms with van der Waals surface area (Å²) in [5.74, 6) is 0.161. The van der Waals surface area contributed by atoms with E-state index in [2.05, 4.69) is 10.2 Å². The number of unbranched alkanes of at least 4 members (excludes halogenated alkanes) is 1. The molecule has 0 saturated carbocycles. The number of thioether (sulfide) groups is 1. The van der Waals surface area contributed by atoms with Gasteiger partial charge in [-0.3, -0.25) is 4.79 Å². The maximum Gasteiger partial charge on any atom is 0.303 e. The number of hydrogen-bond donors (Lipinski definition) is 1. The number of carbonyl (C=O) groups is 1. The summed E-state index contributed by atoms with van der Waals surface area (Å²) in [4.78, 5) is 10.2. The Morgan fingerprint density at radius 1 is 1.64 bits per heavy atom. The Morgan fingerprint density at radius 3 is 3.00 bits per heavy atom. The lowest BCUT2D eigenvalue weighted by Gasteiger charge is -1.99. The van der Waals surface area contributed by atoms with Crippen molar-refractivity contribution in [2.24, 2.45) is 7.05 Å². The Kier molecular flexibility index (Phi) is 4.45. The molecule has 0 aromatic carbocycles. The smallest absolute Gasteiger partial charge is 0.303 e. The minimum atomic E-state index is -0.728. The average molecular weight is 215 g/mol. The van der Waals surface area contributed by atoms with Crippen LogP contribution in [0.1, 0.15) is 19.3 Å². The summed E-state index contributed by atoms with van der Waals surface area (Å²) in [5.41, 5.74) is 0. The highest BCUT2D eigenvalue weighted by Gasteiger charge is 2.01. The van der Waals surface area contributed by atoms with Gasteiger partial charge in [0.15, 0.2) is 5.16 Å². The topological polar surface area (TPSA) is 68.0 Å². The maximum atomic E-state index is 10.2. The SMILES string of the molecule is Cn1cnnc1SCCCCC(=O)O. The molecule has 1 heterocycles.